The lowest BCUT2D eigenvalue weighted by Crippen LogP contribution is -2.15. The monoisotopic (exact) mass is 379 g/mol. The maximum atomic E-state index is 12.2. The van der Waals surface area contributed by atoms with Crippen LogP contribution in [0, 0.1) is 10.1 Å². The van der Waals surface area contributed by atoms with E-state index in [1.165, 1.54) is 44.6 Å². The highest BCUT2D eigenvalue weighted by Gasteiger charge is 2.20. The zero-order valence-electron chi connectivity index (χ0n) is 13.9. The van der Waals surface area contributed by atoms with Crippen LogP contribution in [0.25, 0.3) is 0 Å². The summed E-state index contributed by atoms with van der Waals surface area (Å²) in [6, 6.07) is 7.89. The van der Waals surface area contributed by atoms with Crippen LogP contribution in [0.1, 0.15) is 20.7 Å². The molecule has 0 aliphatic carbocycles. The lowest BCUT2D eigenvalue weighted by atomic mass is 10.1. The summed E-state index contributed by atoms with van der Waals surface area (Å²) in [5.41, 5.74) is -0.220. The lowest BCUT2D eigenvalue weighted by molar-refractivity contribution is -0.384. The quantitative estimate of drug-likeness (QED) is 0.314. The van der Waals surface area contributed by atoms with E-state index in [0.717, 1.165) is 6.07 Å². The second kappa shape index (κ2) is 8.30. The van der Waals surface area contributed by atoms with E-state index >= 15 is 0 Å². The van der Waals surface area contributed by atoms with Crippen LogP contribution in [0.15, 0.2) is 36.4 Å². The average molecular weight is 380 g/mol. The van der Waals surface area contributed by atoms with Crippen LogP contribution in [0.3, 0.4) is 0 Å². The molecule has 0 heterocycles. The number of non-ortho nitro benzene ring substituents is 1. The number of hydrogen-bond acceptors (Lipinski definition) is 7. The highest BCUT2D eigenvalue weighted by atomic mass is 35.5. The molecule has 0 amide bonds. The maximum Gasteiger partial charge on any atom is 0.342 e. The van der Waals surface area contributed by atoms with Gasteiger partial charge in [0.2, 0.25) is 0 Å². The molecule has 0 saturated heterocycles. The Bertz CT molecular complexity index is 866. The van der Waals surface area contributed by atoms with E-state index in [-0.39, 0.29) is 27.6 Å². The molecule has 0 fully saturated rings. The van der Waals surface area contributed by atoms with E-state index in [0.29, 0.717) is 5.75 Å². The molecule has 2 rings (SSSR count). The van der Waals surface area contributed by atoms with Crippen molar-refractivity contribution in [2.24, 2.45) is 0 Å². The number of nitro benzene ring substituents is 1. The summed E-state index contributed by atoms with van der Waals surface area (Å²) in [4.78, 5) is 34.5. The third-order valence-electron chi connectivity index (χ3n) is 3.42. The van der Waals surface area contributed by atoms with Gasteiger partial charge in [0.15, 0.2) is 12.4 Å². The van der Waals surface area contributed by atoms with Gasteiger partial charge in [-0.05, 0) is 24.3 Å². The van der Waals surface area contributed by atoms with Crippen LogP contribution in [-0.4, -0.2) is 37.5 Å². The predicted molar refractivity (Wildman–Crippen MR) is 92.3 cm³/mol. The van der Waals surface area contributed by atoms with Crippen LogP contribution in [0.5, 0.6) is 11.5 Å². The van der Waals surface area contributed by atoms with Gasteiger partial charge in [-0.2, -0.15) is 0 Å². The average Bonchev–Trinajstić information content (AvgIpc) is 2.64. The van der Waals surface area contributed by atoms with Crippen molar-refractivity contribution in [1.82, 2.24) is 0 Å². The number of hydrogen-bond donors (Lipinski definition) is 0. The summed E-state index contributed by atoms with van der Waals surface area (Å²) in [6.45, 7) is -0.562. The van der Waals surface area contributed by atoms with E-state index < -0.39 is 23.3 Å². The number of Topliss-reactive ketones (excluding diaryl/α,β-unsaturated/α-hetero) is 1. The minimum absolute atomic E-state index is 0.0977. The largest absolute Gasteiger partial charge is 0.496 e. The number of nitrogens with zero attached hydrogens (tertiary/aromatic N) is 1. The molecule has 136 valence electrons. The second-order valence-corrected chi connectivity index (χ2v) is 5.40. The Kier molecular flexibility index (Phi) is 6.13. The molecular weight excluding hydrogens is 366 g/mol. The summed E-state index contributed by atoms with van der Waals surface area (Å²) in [5.74, 6) is -0.909. The first-order chi connectivity index (χ1) is 12.4. The van der Waals surface area contributed by atoms with E-state index in [4.69, 9.17) is 25.8 Å². The topological polar surface area (TPSA) is 105 Å². The van der Waals surface area contributed by atoms with Crippen LogP contribution >= 0.6 is 11.6 Å². The van der Waals surface area contributed by atoms with Gasteiger partial charge in [-0.15, -0.1) is 0 Å². The van der Waals surface area contributed by atoms with Gasteiger partial charge in [0.1, 0.15) is 17.1 Å². The molecule has 2 aromatic carbocycles. The Balaban J connectivity index is 2.13. The second-order valence-electron chi connectivity index (χ2n) is 4.99. The Morgan fingerprint density at radius 2 is 1.73 bits per heavy atom. The molecular formula is C17H14ClNO7. The summed E-state index contributed by atoms with van der Waals surface area (Å²) in [7, 11) is 2.75. The fourth-order valence-corrected chi connectivity index (χ4v) is 2.36. The molecule has 0 N–H and O–H groups in total. The first kappa shape index (κ1) is 19.2. The van der Waals surface area contributed by atoms with E-state index in [1.807, 2.05) is 0 Å². The molecule has 0 aromatic heterocycles. The van der Waals surface area contributed by atoms with Gasteiger partial charge in [-0.25, -0.2) is 4.79 Å². The Hall–Kier alpha value is -3.13. The van der Waals surface area contributed by atoms with Gasteiger partial charge < -0.3 is 14.2 Å². The fourth-order valence-electron chi connectivity index (χ4n) is 2.10. The molecule has 0 aliphatic heterocycles. The summed E-state index contributed by atoms with van der Waals surface area (Å²) < 4.78 is 14.9. The molecule has 0 aliphatic rings. The first-order valence-electron chi connectivity index (χ1n) is 7.23. The smallest absolute Gasteiger partial charge is 0.342 e. The van der Waals surface area contributed by atoms with Crippen LogP contribution in [0.4, 0.5) is 5.69 Å². The molecule has 8 nitrogen and oxygen atoms in total. The molecule has 0 spiro atoms. The third kappa shape index (κ3) is 4.28. The third-order valence-corrected chi connectivity index (χ3v) is 3.72. The van der Waals surface area contributed by atoms with Crippen molar-refractivity contribution in [1.29, 1.82) is 0 Å². The minimum Gasteiger partial charge on any atom is -0.496 e. The number of ether oxygens (including phenoxy) is 3. The first-order valence-corrected chi connectivity index (χ1v) is 7.61. The van der Waals surface area contributed by atoms with Gasteiger partial charge in [-0.3, -0.25) is 14.9 Å². The number of carbonyl (C=O) groups excluding carboxylic acids is 2. The number of rotatable bonds is 7. The van der Waals surface area contributed by atoms with Crippen molar-refractivity contribution < 1.29 is 28.7 Å². The van der Waals surface area contributed by atoms with E-state index in [1.54, 1.807) is 0 Å². The van der Waals surface area contributed by atoms with Crippen LogP contribution in [0.2, 0.25) is 5.02 Å². The standard InChI is InChI=1S/C17H14ClNO7/c1-24-15-6-4-11(19(22)23)8-12(15)17(21)26-9-14(20)10-3-5-16(25-2)13(18)7-10/h3-8H,9H2,1-2H3. The molecule has 0 bridgehead atoms. The number of benzene rings is 2. The van der Waals surface area contributed by atoms with E-state index in [2.05, 4.69) is 0 Å². The number of ketones is 1. The number of nitro groups is 1. The molecule has 0 saturated carbocycles. The molecule has 0 unspecified atom stereocenters. The molecule has 0 atom stereocenters. The maximum absolute atomic E-state index is 12.2. The van der Waals surface area contributed by atoms with Crippen molar-refractivity contribution >= 4 is 29.0 Å². The summed E-state index contributed by atoms with van der Waals surface area (Å²) in [6.07, 6.45) is 0. The van der Waals surface area contributed by atoms with Crippen molar-refractivity contribution in [3.63, 3.8) is 0 Å². The Morgan fingerprint density at radius 3 is 2.31 bits per heavy atom. The van der Waals surface area contributed by atoms with E-state index in [9.17, 15) is 19.7 Å². The molecule has 26 heavy (non-hydrogen) atoms. The number of halogens is 1. The van der Waals surface area contributed by atoms with Gasteiger partial charge >= 0.3 is 5.97 Å². The lowest BCUT2D eigenvalue weighted by Gasteiger charge is -2.09. The normalized spacial score (nSPS) is 10.1. The van der Waals surface area contributed by atoms with Gasteiger partial charge in [0.05, 0.1) is 24.2 Å². The summed E-state index contributed by atoms with van der Waals surface area (Å²) in [5, 5.41) is 11.1. The zero-order valence-corrected chi connectivity index (χ0v) is 14.6. The molecule has 9 heteroatoms. The summed E-state index contributed by atoms with van der Waals surface area (Å²) >= 11 is 5.95. The van der Waals surface area contributed by atoms with Crippen LogP contribution in [-0.2, 0) is 4.74 Å². The van der Waals surface area contributed by atoms with Crippen molar-refractivity contribution in [3.8, 4) is 11.5 Å². The van der Waals surface area contributed by atoms with Gasteiger partial charge in [0.25, 0.3) is 5.69 Å². The minimum atomic E-state index is -0.918. The van der Waals surface area contributed by atoms with Gasteiger partial charge in [0, 0.05) is 17.7 Å². The number of methoxy groups -OCH3 is 2. The highest BCUT2D eigenvalue weighted by Crippen LogP contribution is 2.26. The molecule has 2 aromatic rings. The van der Waals surface area contributed by atoms with Crippen molar-refractivity contribution in [2.45, 2.75) is 0 Å². The van der Waals surface area contributed by atoms with Gasteiger partial charge in [-0.1, -0.05) is 11.6 Å². The zero-order chi connectivity index (χ0) is 19.3. The molecule has 0 radical (unpaired) electrons. The van der Waals surface area contributed by atoms with Crippen LogP contribution < -0.4 is 9.47 Å². The fraction of sp³-hybridized carbons (Fsp3) is 0.176. The predicted octanol–water partition coefficient (Wildman–Crippen LogP) is 3.31. The SMILES string of the molecule is COc1ccc(C(=O)COC(=O)c2cc([N+](=O)[O-])ccc2OC)cc1Cl. The Labute approximate surface area is 153 Å². The number of carbonyl (C=O) groups is 2. The highest BCUT2D eigenvalue weighted by molar-refractivity contribution is 6.32. The number of esters is 1. The van der Waals surface area contributed by atoms with Crippen molar-refractivity contribution in [3.05, 3.63) is 62.7 Å². The van der Waals surface area contributed by atoms with Crippen molar-refractivity contribution in [2.75, 3.05) is 20.8 Å². The Morgan fingerprint density at radius 1 is 1.08 bits per heavy atom.